The van der Waals surface area contributed by atoms with Crippen LogP contribution in [-0.2, 0) is 0 Å². The van der Waals surface area contributed by atoms with Crippen LogP contribution in [0.5, 0.6) is 17.2 Å². The quantitative estimate of drug-likeness (QED) is 0.446. The molecule has 0 spiro atoms. The van der Waals surface area contributed by atoms with Gasteiger partial charge >= 0.3 is 0 Å². The molecule has 0 saturated carbocycles. The molecule has 0 amide bonds. The summed E-state index contributed by atoms with van der Waals surface area (Å²) >= 11 is 0. The zero-order chi connectivity index (χ0) is 21.7. The third kappa shape index (κ3) is 2.95. The first-order valence-electron chi connectivity index (χ1n) is 10.4. The highest BCUT2D eigenvalue weighted by molar-refractivity contribution is 6.02. The maximum atomic E-state index is 11.7. The molecule has 8 nitrogen and oxygen atoms in total. The molecule has 8 heteroatoms. The normalized spacial score (nSPS) is 20.6. The standard InChI is InChI=1S/C24H19N3O5/c28-27(29)19-7-3-1-6-17(19)24-26-20(16-5-2-4-8-21(16)32-24)14-18(25-26)15-9-10-22-23(13-15)31-12-11-30-22/h1-10,13,20,24H,11-12,14H2. The van der Waals surface area contributed by atoms with Crippen LogP contribution in [0.3, 0.4) is 0 Å². The van der Waals surface area contributed by atoms with Gasteiger partial charge in [-0.15, -0.1) is 0 Å². The van der Waals surface area contributed by atoms with Crippen LogP contribution in [0.15, 0.2) is 71.8 Å². The van der Waals surface area contributed by atoms with Gasteiger partial charge in [-0.05, 0) is 30.3 Å². The van der Waals surface area contributed by atoms with Crippen LogP contribution in [-0.4, -0.2) is 28.9 Å². The molecule has 0 aromatic heterocycles. The van der Waals surface area contributed by atoms with Crippen molar-refractivity contribution in [2.24, 2.45) is 5.10 Å². The van der Waals surface area contributed by atoms with Crippen LogP contribution >= 0.6 is 0 Å². The zero-order valence-electron chi connectivity index (χ0n) is 17.0. The van der Waals surface area contributed by atoms with E-state index in [1.54, 1.807) is 18.2 Å². The second-order valence-corrected chi connectivity index (χ2v) is 7.83. The van der Waals surface area contributed by atoms with Crippen LogP contribution in [0, 0.1) is 10.1 Å². The summed E-state index contributed by atoms with van der Waals surface area (Å²) < 4.78 is 17.6. The Kier molecular flexibility index (Phi) is 4.24. The topological polar surface area (TPSA) is 86.4 Å². The first-order valence-corrected chi connectivity index (χ1v) is 10.4. The van der Waals surface area contributed by atoms with Crippen molar-refractivity contribution >= 4 is 11.4 Å². The van der Waals surface area contributed by atoms with E-state index in [0.717, 1.165) is 28.3 Å². The number of nitro benzene ring substituents is 1. The molecular weight excluding hydrogens is 410 g/mol. The van der Waals surface area contributed by atoms with E-state index >= 15 is 0 Å². The molecule has 3 aromatic rings. The fourth-order valence-corrected chi connectivity index (χ4v) is 4.50. The number of hydrogen-bond donors (Lipinski definition) is 0. The van der Waals surface area contributed by atoms with E-state index in [1.165, 1.54) is 6.07 Å². The maximum Gasteiger partial charge on any atom is 0.278 e. The van der Waals surface area contributed by atoms with Gasteiger partial charge in [0, 0.05) is 23.6 Å². The van der Waals surface area contributed by atoms with E-state index in [4.69, 9.17) is 19.3 Å². The summed E-state index contributed by atoms with van der Waals surface area (Å²) in [4.78, 5) is 11.3. The third-order valence-electron chi connectivity index (χ3n) is 5.97. The second kappa shape index (κ2) is 7.26. The lowest BCUT2D eigenvalue weighted by atomic mass is 9.95. The second-order valence-electron chi connectivity index (χ2n) is 7.83. The average Bonchev–Trinajstić information content (AvgIpc) is 3.29. The monoisotopic (exact) mass is 429 g/mol. The van der Waals surface area contributed by atoms with Crippen LogP contribution in [0.4, 0.5) is 5.69 Å². The molecule has 2 unspecified atom stereocenters. The summed E-state index contributed by atoms with van der Waals surface area (Å²) in [6.07, 6.45) is -0.0526. The van der Waals surface area contributed by atoms with E-state index in [2.05, 4.69) is 0 Å². The Hall–Kier alpha value is -4.07. The molecule has 0 N–H and O–H groups in total. The van der Waals surface area contributed by atoms with E-state index in [-0.39, 0.29) is 16.7 Å². The van der Waals surface area contributed by atoms with Crippen molar-refractivity contribution in [1.82, 2.24) is 5.01 Å². The molecule has 0 bridgehead atoms. The summed E-state index contributed by atoms with van der Waals surface area (Å²) in [7, 11) is 0. The van der Waals surface area contributed by atoms with Gasteiger partial charge in [-0.1, -0.05) is 30.3 Å². The minimum Gasteiger partial charge on any atom is -0.486 e. The number of nitro groups is 1. The highest BCUT2D eigenvalue weighted by atomic mass is 16.6. The SMILES string of the molecule is O=[N+]([O-])c1ccccc1C1Oc2ccccc2C2CC(c3ccc4c(c3)OCCO4)=NN21. The van der Waals surface area contributed by atoms with Crippen molar-refractivity contribution in [1.29, 1.82) is 0 Å². The Morgan fingerprint density at radius 2 is 1.66 bits per heavy atom. The zero-order valence-corrected chi connectivity index (χ0v) is 17.0. The van der Waals surface area contributed by atoms with Crippen LogP contribution < -0.4 is 14.2 Å². The Balaban J connectivity index is 1.44. The lowest BCUT2D eigenvalue weighted by molar-refractivity contribution is -0.386. The van der Waals surface area contributed by atoms with Gasteiger partial charge in [-0.25, -0.2) is 5.01 Å². The highest BCUT2D eigenvalue weighted by Crippen LogP contribution is 2.49. The molecule has 0 fully saturated rings. The summed E-state index contributed by atoms with van der Waals surface area (Å²) in [5.41, 5.74) is 3.31. The highest BCUT2D eigenvalue weighted by Gasteiger charge is 2.43. The van der Waals surface area contributed by atoms with Crippen molar-refractivity contribution in [3.63, 3.8) is 0 Å². The van der Waals surface area contributed by atoms with Crippen LogP contribution in [0.2, 0.25) is 0 Å². The fraction of sp³-hybridized carbons (Fsp3) is 0.208. The summed E-state index contributed by atoms with van der Waals surface area (Å²) in [5, 5.41) is 18.4. The lowest BCUT2D eigenvalue weighted by Gasteiger charge is -2.37. The Bertz CT molecular complexity index is 1260. The van der Waals surface area contributed by atoms with Gasteiger partial charge in [0.05, 0.1) is 22.2 Å². The number of hydrogen-bond acceptors (Lipinski definition) is 7. The summed E-state index contributed by atoms with van der Waals surface area (Å²) in [5.74, 6) is 2.14. The van der Waals surface area contributed by atoms with Crippen molar-refractivity contribution < 1.29 is 19.1 Å². The maximum absolute atomic E-state index is 11.7. The molecule has 32 heavy (non-hydrogen) atoms. The largest absolute Gasteiger partial charge is 0.486 e. The number of para-hydroxylation sites is 2. The molecule has 2 atom stereocenters. The number of ether oxygens (including phenoxy) is 3. The summed E-state index contributed by atoms with van der Waals surface area (Å²) in [6.45, 7) is 1.05. The smallest absolute Gasteiger partial charge is 0.278 e. The number of hydrazone groups is 1. The van der Waals surface area contributed by atoms with Gasteiger partial charge < -0.3 is 14.2 Å². The Labute approximate surface area is 183 Å². The molecular formula is C24H19N3O5. The first-order chi connectivity index (χ1) is 15.7. The number of benzene rings is 3. The molecule has 3 aliphatic heterocycles. The Morgan fingerprint density at radius 1 is 0.906 bits per heavy atom. The van der Waals surface area contributed by atoms with Crippen molar-refractivity contribution in [3.05, 3.63) is 93.5 Å². The molecule has 3 heterocycles. The van der Waals surface area contributed by atoms with Crippen molar-refractivity contribution in [2.75, 3.05) is 13.2 Å². The predicted molar refractivity (Wildman–Crippen MR) is 116 cm³/mol. The van der Waals surface area contributed by atoms with Gasteiger partial charge in [0.2, 0.25) is 6.23 Å². The van der Waals surface area contributed by atoms with Gasteiger partial charge in [0.25, 0.3) is 5.69 Å². The first kappa shape index (κ1) is 18.7. The molecule has 6 rings (SSSR count). The molecule has 0 radical (unpaired) electrons. The van der Waals surface area contributed by atoms with Gasteiger partial charge in [-0.2, -0.15) is 5.10 Å². The average molecular weight is 429 g/mol. The minimum atomic E-state index is -0.703. The van der Waals surface area contributed by atoms with E-state index in [9.17, 15) is 10.1 Å². The third-order valence-corrected chi connectivity index (χ3v) is 5.97. The number of fused-ring (bicyclic) bond motifs is 4. The number of nitrogens with zero attached hydrogens (tertiary/aromatic N) is 3. The van der Waals surface area contributed by atoms with E-state index in [0.29, 0.717) is 30.9 Å². The van der Waals surface area contributed by atoms with Crippen LogP contribution in [0.1, 0.15) is 35.4 Å². The van der Waals surface area contributed by atoms with Crippen LogP contribution in [0.25, 0.3) is 0 Å². The lowest BCUT2D eigenvalue weighted by Crippen LogP contribution is -2.34. The minimum absolute atomic E-state index is 0.0126. The van der Waals surface area contributed by atoms with Gasteiger partial charge in [-0.3, -0.25) is 10.1 Å². The number of rotatable bonds is 3. The van der Waals surface area contributed by atoms with Crippen molar-refractivity contribution in [2.45, 2.75) is 18.7 Å². The molecule has 0 aliphatic carbocycles. The summed E-state index contributed by atoms with van der Waals surface area (Å²) in [6, 6.07) is 20.2. The molecule has 160 valence electrons. The van der Waals surface area contributed by atoms with Gasteiger partial charge in [0.15, 0.2) is 11.5 Å². The van der Waals surface area contributed by atoms with E-state index in [1.807, 2.05) is 47.5 Å². The molecule has 3 aliphatic rings. The molecule has 0 saturated heterocycles. The van der Waals surface area contributed by atoms with Gasteiger partial charge in [0.1, 0.15) is 19.0 Å². The predicted octanol–water partition coefficient (Wildman–Crippen LogP) is 4.61. The molecule has 3 aromatic carbocycles. The Morgan fingerprint density at radius 3 is 2.50 bits per heavy atom. The van der Waals surface area contributed by atoms with E-state index < -0.39 is 6.23 Å². The fourth-order valence-electron chi connectivity index (χ4n) is 4.50. The van der Waals surface area contributed by atoms with Crippen molar-refractivity contribution in [3.8, 4) is 17.2 Å².